The van der Waals surface area contributed by atoms with Crippen LogP contribution in [-0.4, -0.2) is 62.4 Å². The van der Waals surface area contributed by atoms with Crippen molar-refractivity contribution >= 4 is 11.9 Å². The predicted molar refractivity (Wildman–Crippen MR) is 86.1 cm³/mol. The number of carbonyl (C=O) groups is 2. The first-order chi connectivity index (χ1) is 11.7. The highest BCUT2D eigenvalue weighted by molar-refractivity contribution is 5.78. The summed E-state index contributed by atoms with van der Waals surface area (Å²) < 4.78 is 1.83. The quantitative estimate of drug-likeness (QED) is 0.888. The van der Waals surface area contributed by atoms with Crippen LogP contribution in [0.5, 0.6) is 0 Å². The van der Waals surface area contributed by atoms with Crippen LogP contribution in [0.3, 0.4) is 0 Å². The molecule has 3 heterocycles. The highest BCUT2D eigenvalue weighted by Gasteiger charge is 2.34. The Morgan fingerprint density at radius 2 is 2.04 bits per heavy atom. The maximum atomic E-state index is 12.2. The van der Waals surface area contributed by atoms with E-state index in [1.54, 1.807) is 0 Å². The molecule has 0 spiro atoms. The lowest BCUT2D eigenvalue weighted by Crippen LogP contribution is -2.55. The minimum Gasteiger partial charge on any atom is -0.337 e. The number of aromatic nitrogens is 3. The van der Waals surface area contributed by atoms with Crippen LogP contribution in [0.2, 0.25) is 0 Å². The first kappa shape index (κ1) is 15.4. The number of hydrogen-bond donors (Lipinski definition) is 1. The Hall–Kier alpha value is -2.12. The van der Waals surface area contributed by atoms with Gasteiger partial charge in [0.25, 0.3) is 0 Å². The summed E-state index contributed by atoms with van der Waals surface area (Å²) in [6, 6.07) is 0.587. The molecule has 8 nitrogen and oxygen atoms in total. The van der Waals surface area contributed by atoms with Gasteiger partial charge < -0.3 is 15.1 Å². The van der Waals surface area contributed by atoms with Gasteiger partial charge in [0.15, 0.2) is 0 Å². The fourth-order valence-corrected chi connectivity index (χ4v) is 3.76. The smallest absolute Gasteiger partial charge is 0.317 e. The second-order valence-electron chi connectivity index (χ2n) is 7.10. The summed E-state index contributed by atoms with van der Waals surface area (Å²) in [6.07, 6.45) is 8.12. The van der Waals surface area contributed by atoms with Crippen LogP contribution in [0.1, 0.15) is 50.3 Å². The summed E-state index contributed by atoms with van der Waals surface area (Å²) in [5.74, 6) is 0.197. The van der Waals surface area contributed by atoms with Gasteiger partial charge in [-0.3, -0.25) is 4.79 Å². The van der Waals surface area contributed by atoms with Gasteiger partial charge in [-0.25, -0.2) is 9.48 Å². The van der Waals surface area contributed by atoms with Crippen molar-refractivity contribution in [2.24, 2.45) is 0 Å². The zero-order chi connectivity index (χ0) is 16.5. The Morgan fingerprint density at radius 1 is 1.25 bits per heavy atom. The molecule has 3 fully saturated rings. The van der Waals surface area contributed by atoms with Crippen LogP contribution in [0, 0.1) is 0 Å². The van der Waals surface area contributed by atoms with Gasteiger partial charge >= 0.3 is 6.03 Å². The molecule has 2 saturated heterocycles. The van der Waals surface area contributed by atoms with Crippen molar-refractivity contribution in [3.63, 3.8) is 0 Å². The third-order valence-electron chi connectivity index (χ3n) is 5.29. The highest BCUT2D eigenvalue weighted by atomic mass is 16.2. The largest absolute Gasteiger partial charge is 0.337 e. The second-order valence-corrected chi connectivity index (χ2v) is 7.10. The number of hydrogen-bond acceptors (Lipinski definition) is 4. The summed E-state index contributed by atoms with van der Waals surface area (Å²) in [6.45, 7) is 2.69. The van der Waals surface area contributed by atoms with Crippen molar-refractivity contribution < 1.29 is 9.59 Å². The van der Waals surface area contributed by atoms with Gasteiger partial charge in [-0.05, 0) is 19.3 Å². The minimum atomic E-state index is 0.0427. The number of carbonyl (C=O) groups excluding carboxylic acids is 2. The predicted octanol–water partition coefficient (Wildman–Crippen LogP) is 0.909. The van der Waals surface area contributed by atoms with E-state index in [1.165, 1.54) is 12.8 Å². The number of nitrogens with zero attached hydrogens (tertiary/aromatic N) is 5. The molecule has 2 aliphatic heterocycles. The summed E-state index contributed by atoms with van der Waals surface area (Å²) in [4.78, 5) is 27.5. The molecule has 1 aromatic heterocycles. The van der Waals surface area contributed by atoms with Gasteiger partial charge in [0.2, 0.25) is 5.91 Å². The highest BCUT2D eigenvalue weighted by Crippen LogP contribution is 2.23. The van der Waals surface area contributed by atoms with Crippen LogP contribution in [0.15, 0.2) is 6.20 Å². The van der Waals surface area contributed by atoms with Gasteiger partial charge in [0, 0.05) is 32.1 Å². The van der Waals surface area contributed by atoms with E-state index < -0.39 is 0 Å². The number of nitrogens with one attached hydrogen (secondary N) is 1. The fraction of sp³-hybridized carbons (Fsp3) is 0.750. The van der Waals surface area contributed by atoms with Crippen molar-refractivity contribution in [1.82, 2.24) is 30.1 Å². The Labute approximate surface area is 141 Å². The number of rotatable bonds is 4. The van der Waals surface area contributed by atoms with Gasteiger partial charge in [0.05, 0.1) is 18.8 Å². The second kappa shape index (κ2) is 6.41. The standard InChI is InChI=1S/C16H24N6O2/c23-15-6-3-7-20(15)8-13-9-22(19-18-13)14-10-21(11-14)16(24)17-12-4-1-2-5-12/h9,12,14H,1-8,10-11H2,(H,17,24). The molecule has 24 heavy (non-hydrogen) atoms. The zero-order valence-corrected chi connectivity index (χ0v) is 13.9. The first-order valence-corrected chi connectivity index (χ1v) is 8.93. The lowest BCUT2D eigenvalue weighted by Gasteiger charge is -2.39. The van der Waals surface area contributed by atoms with Crippen LogP contribution in [0.25, 0.3) is 0 Å². The normalized spacial score (nSPS) is 22.2. The molecule has 0 bridgehead atoms. The van der Waals surface area contributed by atoms with Gasteiger partial charge in [0.1, 0.15) is 5.69 Å². The molecular weight excluding hydrogens is 308 g/mol. The maximum absolute atomic E-state index is 12.2. The molecule has 1 N–H and O–H groups in total. The molecule has 8 heteroatoms. The van der Waals surface area contributed by atoms with E-state index in [4.69, 9.17) is 0 Å². The summed E-state index contributed by atoms with van der Waals surface area (Å²) in [5, 5.41) is 11.5. The summed E-state index contributed by atoms with van der Waals surface area (Å²) >= 11 is 0. The molecule has 0 unspecified atom stereocenters. The van der Waals surface area contributed by atoms with Gasteiger partial charge in [-0.15, -0.1) is 5.10 Å². The molecule has 3 aliphatic rings. The Kier molecular flexibility index (Phi) is 4.12. The molecule has 130 valence electrons. The average Bonchev–Trinajstić information content (AvgIpc) is 3.23. The first-order valence-electron chi connectivity index (χ1n) is 8.93. The molecule has 1 aliphatic carbocycles. The van der Waals surface area contributed by atoms with Crippen molar-refractivity contribution in [3.8, 4) is 0 Å². The van der Waals surface area contributed by atoms with Crippen LogP contribution in [-0.2, 0) is 11.3 Å². The number of amides is 3. The summed E-state index contributed by atoms with van der Waals surface area (Å²) in [7, 11) is 0. The molecule has 1 saturated carbocycles. The van der Waals surface area contributed by atoms with Crippen LogP contribution in [0.4, 0.5) is 4.79 Å². The zero-order valence-electron chi connectivity index (χ0n) is 13.9. The van der Waals surface area contributed by atoms with E-state index in [0.29, 0.717) is 32.1 Å². The van der Waals surface area contributed by atoms with Crippen molar-refractivity contribution in [2.75, 3.05) is 19.6 Å². The van der Waals surface area contributed by atoms with E-state index in [2.05, 4.69) is 15.6 Å². The Bertz CT molecular complexity index is 618. The lowest BCUT2D eigenvalue weighted by atomic mass is 10.1. The lowest BCUT2D eigenvalue weighted by molar-refractivity contribution is -0.128. The van der Waals surface area contributed by atoms with Crippen molar-refractivity contribution in [3.05, 3.63) is 11.9 Å². The van der Waals surface area contributed by atoms with Crippen molar-refractivity contribution in [2.45, 2.75) is 57.2 Å². The van der Waals surface area contributed by atoms with E-state index in [1.807, 2.05) is 20.7 Å². The summed E-state index contributed by atoms with van der Waals surface area (Å²) in [5.41, 5.74) is 0.819. The van der Waals surface area contributed by atoms with Gasteiger partial charge in [-0.2, -0.15) is 0 Å². The molecule has 1 aromatic rings. The van der Waals surface area contributed by atoms with Crippen LogP contribution < -0.4 is 5.32 Å². The van der Waals surface area contributed by atoms with E-state index in [0.717, 1.165) is 31.5 Å². The third-order valence-corrected chi connectivity index (χ3v) is 5.29. The van der Waals surface area contributed by atoms with Crippen LogP contribution >= 0.6 is 0 Å². The molecular formula is C16H24N6O2. The molecule has 4 rings (SSSR count). The van der Waals surface area contributed by atoms with E-state index in [9.17, 15) is 9.59 Å². The minimum absolute atomic E-state index is 0.0427. The molecule has 0 aromatic carbocycles. The van der Waals surface area contributed by atoms with Gasteiger partial charge in [-0.1, -0.05) is 18.1 Å². The number of likely N-dealkylation sites (tertiary alicyclic amines) is 2. The molecule has 3 amide bonds. The monoisotopic (exact) mass is 332 g/mol. The third kappa shape index (κ3) is 3.09. The van der Waals surface area contributed by atoms with Crippen molar-refractivity contribution in [1.29, 1.82) is 0 Å². The maximum Gasteiger partial charge on any atom is 0.317 e. The topological polar surface area (TPSA) is 83.4 Å². The SMILES string of the molecule is O=C1CCCN1Cc1cn(C2CN(C(=O)NC3CCCC3)C2)nn1. The Balaban J connectivity index is 1.26. The average molecular weight is 332 g/mol. The molecule has 0 atom stereocenters. The van der Waals surface area contributed by atoms with E-state index in [-0.39, 0.29) is 18.0 Å². The number of urea groups is 1. The fourth-order valence-electron chi connectivity index (χ4n) is 3.76. The Morgan fingerprint density at radius 3 is 2.75 bits per heavy atom. The van der Waals surface area contributed by atoms with E-state index >= 15 is 0 Å². The molecule has 0 radical (unpaired) electrons.